The van der Waals surface area contributed by atoms with Gasteiger partial charge in [-0.3, -0.25) is 9.69 Å². The minimum absolute atomic E-state index is 0.0534. The molecule has 0 saturated carbocycles. The van der Waals surface area contributed by atoms with E-state index in [1.807, 2.05) is 49.4 Å². The maximum absolute atomic E-state index is 11.8. The molecule has 0 amide bonds. The topological polar surface area (TPSA) is 48.6 Å². The maximum Gasteiger partial charge on any atom is 0.251 e. The summed E-state index contributed by atoms with van der Waals surface area (Å²) in [7, 11) is 0. The van der Waals surface area contributed by atoms with Crippen molar-refractivity contribution in [3.63, 3.8) is 0 Å². The first-order valence-electron chi connectivity index (χ1n) is 10.7. The van der Waals surface area contributed by atoms with Crippen LogP contribution in [0.2, 0.25) is 10.0 Å². The number of ether oxygens (including phenoxy) is 1. The highest BCUT2D eigenvalue weighted by Gasteiger charge is 2.19. The lowest BCUT2D eigenvalue weighted by atomic mass is 10.1. The van der Waals surface area contributed by atoms with E-state index in [4.69, 9.17) is 27.9 Å². The van der Waals surface area contributed by atoms with Crippen LogP contribution >= 0.6 is 23.2 Å². The predicted molar refractivity (Wildman–Crippen MR) is 129 cm³/mol. The van der Waals surface area contributed by atoms with Gasteiger partial charge in [0.1, 0.15) is 5.75 Å². The third-order valence-corrected chi connectivity index (χ3v) is 6.59. The van der Waals surface area contributed by atoms with Crippen LogP contribution < -0.4 is 15.2 Å². The molecule has 1 saturated heterocycles. The number of pyridine rings is 1. The number of nitrogens with one attached hydrogen (secondary N) is 1. The lowest BCUT2D eigenvalue weighted by Gasteiger charge is -2.36. The van der Waals surface area contributed by atoms with Gasteiger partial charge in [-0.05, 0) is 62.0 Å². The number of hydrogen-bond acceptors (Lipinski definition) is 4. The first-order chi connectivity index (χ1) is 15.0. The number of fused-ring (bicyclic) bond motifs is 1. The molecule has 0 bridgehead atoms. The SMILES string of the molecule is Cc1cc2ccc(OCCCCN3CCN(c4cccc(Cl)c4Cl)CC3)cc2[nH]c1=O. The molecule has 31 heavy (non-hydrogen) atoms. The van der Waals surface area contributed by atoms with Crippen LogP contribution in [0, 0.1) is 6.92 Å². The van der Waals surface area contributed by atoms with E-state index in [0.29, 0.717) is 16.7 Å². The minimum Gasteiger partial charge on any atom is -0.494 e. The van der Waals surface area contributed by atoms with E-state index in [1.165, 1.54) is 0 Å². The van der Waals surface area contributed by atoms with E-state index in [-0.39, 0.29) is 5.56 Å². The first kappa shape index (κ1) is 22.0. The highest BCUT2D eigenvalue weighted by Crippen LogP contribution is 2.32. The standard InChI is InChI=1S/C24H27Cl2N3O2/c1-17-15-18-7-8-19(16-21(18)27-24(17)30)31-14-3-2-9-28-10-12-29(13-11-28)22-6-4-5-20(25)23(22)26/h4-8,15-16H,2-3,9-14H2,1H3,(H,27,30). The van der Waals surface area contributed by atoms with Gasteiger partial charge in [-0.25, -0.2) is 0 Å². The van der Waals surface area contributed by atoms with E-state index < -0.39 is 0 Å². The minimum atomic E-state index is -0.0534. The molecule has 1 fully saturated rings. The number of H-pyrrole nitrogens is 1. The molecule has 0 spiro atoms. The average molecular weight is 460 g/mol. The Morgan fingerprint density at radius 3 is 2.65 bits per heavy atom. The summed E-state index contributed by atoms with van der Waals surface area (Å²) in [4.78, 5) is 19.5. The van der Waals surface area contributed by atoms with Gasteiger partial charge in [0.05, 0.1) is 27.9 Å². The van der Waals surface area contributed by atoms with Crippen molar-refractivity contribution < 1.29 is 4.74 Å². The first-order valence-corrected chi connectivity index (χ1v) is 11.4. The molecule has 0 radical (unpaired) electrons. The number of benzene rings is 2. The fraction of sp³-hybridized carbons (Fsp3) is 0.375. The second-order valence-corrected chi connectivity index (χ2v) is 8.77. The summed E-state index contributed by atoms with van der Waals surface area (Å²) in [5.74, 6) is 0.791. The maximum atomic E-state index is 11.8. The molecule has 0 atom stereocenters. The molecule has 2 heterocycles. The van der Waals surface area contributed by atoms with Crippen molar-refractivity contribution in [3.05, 3.63) is 68.4 Å². The zero-order valence-corrected chi connectivity index (χ0v) is 19.2. The lowest BCUT2D eigenvalue weighted by molar-refractivity contribution is 0.238. The largest absolute Gasteiger partial charge is 0.494 e. The van der Waals surface area contributed by atoms with E-state index in [0.717, 1.165) is 73.5 Å². The van der Waals surface area contributed by atoms with Crippen LogP contribution in [0.5, 0.6) is 5.75 Å². The van der Waals surface area contributed by atoms with E-state index in [9.17, 15) is 4.79 Å². The Bertz CT molecular complexity index is 1110. The zero-order chi connectivity index (χ0) is 21.8. The summed E-state index contributed by atoms with van der Waals surface area (Å²) in [6.45, 7) is 7.47. The summed E-state index contributed by atoms with van der Waals surface area (Å²) in [5, 5.41) is 2.26. The van der Waals surface area contributed by atoms with Gasteiger partial charge in [-0.1, -0.05) is 29.3 Å². The molecule has 2 aromatic carbocycles. The predicted octanol–water partition coefficient (Wildman–Crippen LogP) is 5.12. The molecule has 0 aliphatic carbocycles. The summed E-state index contributed by atoms with van der Waals surface area (Å²) in [5.41, 5.74) is 2.50. The Hall–Kier alpha value is -2.21. The highest BCUT2D eigenvalue weighted by atomic mass is 35.5. The van der Waals surface area contributed by atoms with E-state index >= 15 is 0 Å². The fourth-order valence-corrected chi connectivity index (χ4v) is 4.37. The number of hydrogen-bond donors (Lipinski definition) is 1. The molecule has 1 N–H and O–H groups in total. The zero-order valence-electron chi connectivity index (χ0n) is 17.7. The van der Waals surface area contributed by atoms with Gasteiger partial charge in [0.2, 0.25) is 0 Å². The van der Waals surface area contributed by atoms with Crippen LogP contribution in [0.15, 0.2) is 47.3 Å². The van der Waals surface area contributed by atoms with Crippen LogP contribution in [0.25, 0.3) is 10.9 Å². The Balaban J connectivity index is 1.19. The molecule has 5 nitrogen and oxygen atoms in total. The summed E-state index contributed by atoms with van der Waals surface area (Å²) >= 11 is 12.5. The van der Waals surface area contributed by atoms with Crippen molar-refractivity contribution in [3.8, 4) is 5.75 Å². The summed E-state index contributed by atoms with van der Waals surface area (Å²) in [6, 6.07) is 13.5. The Labute approximate surface area is 192 Å². The number of anilines is 1. The number of aryl methyl sites for hydroxylation is 1. The van der Waals surface area contributed by atoms with Crippen molar-refractivity contribution in [2.24, 2.45) is 0 Å². The molecule has 1 aromatic heterocycles. The highest BCUT2D eigenvalue weighted by molar-refractivity contribution is 6.43. The Kier molecular flexibility index (Phi) is 7.06. The molecular formula is C24H27Cl2N3O2. The van der Waals surface area contributed by atoms with Crippen LogP contribution in [0.3, 0.4) is 0 Å². The third-order valence-electron chi connectivity index (χ3n) is 5.78. The molecule has 1 aliphatic heterocycles. The number of unbranched alkanes of at least 4 members (excludes halogenated alkanes) is 1. The van der Waals surface area contributed by atoms with Gasteiger partial charge in [-0.2, -0.15) is 0 Å². The van der Waals surface area contributed by atoms with Gasteiger partial charge in [0, 0.05) is 37.8 Å². The van der Waals surface area contributed by atoms with Crippen molar-refractivity contribution in [2.45, 2.75) is 19.8 Å². The van der Waals surface area contributed by atoms with Crippen molar-refractivity contribution >= 4 is 39.8 Å². The van der Waals surface area contributed by atoms with Crippen molar-refractivity contribution in [2.75, 3.05) is 44.2 Å². The second-order valence-electron chi connectivity index (χ2n) is 7.99. The van der Waals surface area contributed by atoms with Crippen LogP contribution in [0.1, 0.15) is 18.4 Å². The lowest BCUT2D eigenvalue weighted by Crippen LogP contribution is -2.46. The number of nitrogens with zero attached hydrogens (tertiary/aromatic N) is 2. The fourth-order valence-electron chi connectivity index (χ4n) is 3.96. The number of aromatic amines is 1. The summed E-state index contributed by atoms with van der Waals surface area (Å²) in [6.07, 6.45) is 2.07. The summed E-state index contributed by atoms with van der Waals surface area (Å²) < 4.78 is 5.90. The molecule has 4 rings (SSSR count). The van der Waals surface area contributed by atoms with Gasteiger partial charge in [0.25, 0.3) is 5.56 Å². The molecule has 7 heteroatoms. The molecule has 164 valence electrons. The smallest absolute Gasteiger partial charge is 0.251 e. The number of halogens is 2. The Morgan fingerprint density at radius 2 is 1.84 bits per heavy atom. The van der Waals surface area contributed by atoms with Gasteiger partial charge < -0.3 is 14.6 Å². The molecule has 1 aliphatic rings. The van der Waals surface area contributed by atoms with E-state index in [1.54, 1.807) is 0 Å². The van der Waals surface area contributed by atoms with Crippen molar-refractivity contribution in [1.29, 1.82) is 0 Å². The Morgan fingerprint density at radius 1 is 1.03 bits per heavy atom. The number of piperazine rings is 1. The quantitative estimate of drug-likeness (QED) is 0.497. The van der Waals surface area contributed by atoms with Crippen LogP contribution in [0.4, 0.5) is 5.69 Å². The van der Waals surface area contributed by atoms with Crippen LogP contribution in [-0.4, -0.2) is 49.2 Å². The number of aromatic nitrogens is 1. The average Bonchev–Trinajstić information content (AvgIpc) is 2.77. The van der Waals surface area contributed by atoms with Gasteiger partial charge in [-0.15, -0.1) is 0 Å². The third kappa shape index (κ3) is 5.35. The normalized spacial score (nSPS) is 14.9. The molecule has 0 unspecified atom stereocenters. The van der Waals surface area contributed by atoms with Gasteiger partial charge in [0.15, 0.2) is 0 Å². The second kappa shape index (κ2) is 9.94. The monoisotopic (exact) mass is 459 g/mol. The van der Waals surface area contributed by atoms with Crippen LogP contribution in [-0.2, 0) is 0 Å². The van der Waals surface area contributed by atoms with Gasteiger partial charge >= 0.3 is 0 Å². The van der Waals surface area contributed by atoms with E-state index in [2.05, 4.69) is 14.8 Å². The number of rotatable bonds is 7. The van der Waals surface area contributed by atoms with Crippen molar-refractivity contribution in [1.82, 2.24) is 9.88 Å². The molecule has 3 aromatic rings. The molecular weight excluding hydrogens is 433 g/mol.